The van der Waals surface area contributed by atoms with Crippen LogP contribution in [0.25, 0.3) is 21.2 Å². The van der Waals surface area contributed by atoms with Gasteiger partial charge < -0.3 is 9.84 Å². The number of ether oxygens (including phenoxy) is 1. The number of thiophene rings is 1. The predicted molar refractivity (Wildman–Crippen MR) is 139 cm³/mol. The standard InChI is InChI=1S/C29H28FNO3S/c1-18-11-12-31(17-18)13-14-34-23-7-3-20(4-8-23)27-25-10-6-22(32)16-26(25)35-29(27)28(33)24-9-5-21(30)15-19(24)2/h3-10,15-16,18,32H,11-14,17H2,1-2H3/t18-/m0/s1. The molecule has 1 N–H and O–H groups in total. The molecule has 0 unspecified atom stereocenters. The lowest BCUT2D eigenvalue weighted by Gasteiger charge is -2.15. The fourth-order valence-electron chi connectivity index (χ4n) is 4.78. The molecular formula is C29H28FNO3S. The van der Waals surface area contributed by atoms with E-state index in [4.69, 9.17) is 4.74 Å². The van der Waals surface area contributed by atoms with Crippen molar-refractivity contribution < 1.29 is 19.0 Å². The van der Waals surface area contributed by atoms with Crippen molar-refractivity contribution in [3.8, 4) is 22.6 Å². The van der Waals surface area contributed by atoms with Gasteiger partial charge in [0.2, 0.25) is 5.78 Å². The minimum Gasteiger partial charge on any atom is -0.508 e. The van der Waals surface area contributed by atoms with E-state index < -0.39 is 0 Å². The highest BCUT2D eigenvalue weighted by molar-refractivity contribution is 7.21. The number of carbonyl (C=O) groups excluding carboxylic acids is 1. The molecule has 1 aliphatic heterocycles. The highest BCUT2D eigenvalue weighted by Crippen LogP contribution is 2.42. The summed E-state index contributed by atoms with van der Waals surface area (Å²) in [6.45, 7) is 7.85. The van der Waals surface area contributed by atoms with Crippen molar-refractivity contribution in [1.29, 1.82) is 0 Å². The Labute approximate surface area is 208 Å². The van der Waals surface area contributed by atoms with Crippen molar-refractivity contribution in [1.82, 2.24) is 4.90 Å². The van der Waals surface area contributed by atoms with Crippen molar-refractivity contribution in [2.24, 2.45) is 5.92 Å². The van der Waals surface area contributed by atoms with Crippen LogP contribution < -0.4 is 4.74 Å². The lowest BCUT2D eigenvalue weighted by Crippen LogP contribution is -2.25. The van der Waals surface area contributed by atoms with Crippen LogP contribution in [0, 0.1) is 18.7 Å². The highest BCUT2D eigenvalue weighted by atomic mass is 32.1. The summed E-state index contributed by atoms with van der Waals surface area (Å²) in [5, 5.41) is 10.9. The summed E-state index contributed by atoms with van der Waals surface area (Å²) in [6, 6.07) is 17.2. The Bertz CT molecular complexity index is 1380. The molecule has 3 aromatic carbocycles. The van der Waals surface area contributed by atoms with Gasteiger partial charge in [0.1, 0.15) is 23.9 Å². The Balaban J connectivity index is 1.44. The molecule has 1 fully saturated rings. The smallest absolute Gasteiger partial charge is 0.203 e. The topological polar surface area (TPSA) is 49.8 Å². The number of fused-ring (bicyclic) bond motifs is 1. The van der Waals surface area contributed by atoms with Gasteiger partial charge in [-0.25, -0.2) is 4.39 Å². The number of halogens is 1. The first-order valence-electron chi connectivity index (χ1n) is 11.9. The molecule has 1 aliphatic rings. The molecule has 1 saturated heterocycles. The van der Waals surface area contributed by atoms with Crippen molar-refractivity contribution >= 4 is 27.2 Å². The molecule has 0 bridgehead atoms. The fraction of sp³-hybridized carbons (Fsp3) is 0.276. The number of hydrogen-bond donors (Lipinski definition) is 1. The van der Waals surface area contributed by atoms with E-state index in [0.29, 0.717) is 22.6 Å². The average molecular weight is 490 g/mol. The number of phenolic OH excluding ortho intramolecular Hbond substituents is 1. The summed E-state index contributed by atoms with van der Waals surface area (Å²) >= 11 is 1.34. The molecular weight excluding hydrogens is 461 g/mol. The SMILES string of the molecule is Cc1cc(F)ccc1C(=O)c1sc2cc(O)ccc2c1-c1ccc(OCCN2CC[C@H](C)C2)cc1. The van der Waals surface area contributed by atoms with Gasteiger partial charge >= 0.3 is 0 Å². The van der Waals surface area contributed by atoms with E-state index in [1.165, 1.54) is 36.0 Å². The second kappa shape index (κ2) is 9.80. The maximum absolute atomic E-state index is 13.6. The third kappa shape index (κ3) is 4.95. The molecule has 0 saturated carbocycles. The second-order valence-electron chi connectivity index (χ2n) is 9.34. The van der Waals surface area contributed by atoms with E-state index in [9.17, 15) is 14.3 Å². The molecule has 1 aromatic heterocycles. The predicted octanol–water partition coefficient (Wildman–Crippen LogP) is 6.67. The van der Waals surface area contributed by atoms with Gasteiger partial charge in [0.25, 0.3) is 0 Å². The van der Waals surface area contributed by atoms with E-state index >= 15 is 0 Å². The maximum atomic E-state index is 13.6. The van der Waals surface area contributed by atoms with Gasteiger partial charge in [-0.15, -0.1) is 11.3 Å². The first-order chi connectivity index (χ1) is 16.9. The van der Waals surface area contributed by atoms with Crippen LogP contribution in [0.1, 0.15) is 34.1 Å². The zero-order valence-corrected chi connectivity index (χ0v) is 20.7. The van der Waals surface area contributed by atoms with Gasteiger partial charge in [0, 0.05) is 34.3 Å². The number of ketones is 1. The van der Waals surface area contributed by atoms with Crippen LogP contribution in [-0.2, 0) is 0 Å². The summed E-state index contributed by atoms with van der Waals surface area (Å²) in [5.41, 5.74) is 2.78. The van der Waals surface area contributed by atoms with Crippen molar-refractivity contribution in [3.63, 3.8) is 0 Å². The number of rotatable bonds is 7. The summed E-state index contributed by atoms with van der Waals surface area (Å²) in [5.74, 6) is 1.18. The molecule has 1 atom stereocenters. The number of benzene rings is 3. The zero-order chi connectivity index (χ0) is 24.5. The van der Waals surface area contributed by atoms with Crippen molar-refractivity contribution in [3.05, 3.63) is 82.5 Å². The normalized spacial score (nSPS) is 16.1. The first kappa shape index (κ1) is 23.5. The molecule has 0 amide bonds. The molecule has 6 heteroatoms. The Hall–Kier alpha value is -3.22. The number of nitrogens with zero attached hydrogens (tertiary/aromatic N) is 1. The second-order valence-corrected chi connectivity index (χ2v) is 10.4. The fourth-order valence-corrected chi connectivity index (χ4v) is 5.99. The van der Waals surface area contributed by atoms with E-state index in [1.54, 1.807) is 19.1 Å². The molecule has 5 rings (SSSR count). The average Bonchev–Trinajstić information content (AvgIpc) is 3.42. The number of hydrogen-bond acceptors (Lipinski definition) is 5. The Morgan fingerprint density at radius 2 is 1.94 bits per heavy atom. The van der Waals surface area contributed by atoms with E-state index in [2.05, 4.69) is 11.8 Å². The number of aryl methyl sites for hydroxylation is 1. The highest BCUT2D eigenvalue weighted by Gasteiger charge is 2.23. The Morgan fingerprint density at radius 3 is 2.66 bits per heavy atom. The van der Waals surface area contributed by atoms with E-state index in [0.717, 1.165) is 52.5 Å². The van der Waals surface area contributed by atoms with Gasteiger partial charge in [0.15, 0.2) is 0 Å². The van der Waals surface area contributed by atoms with Gasteiger partial charge in [-0.3, -0.25) is 9.69 Å². The van der Waals surface area contributed by atoms with Crippen LogP contribution in [-0.4, -0.2) is 42.0 Å². The third-order valence-corrected chi connectivity index (χ3v) is 7.79. The molecule has 2 heterocycles. The van der Waals surface area contributed by atoms with Crippen LogP contribution in [0.2, 0.25) is 0 Å². The van der Waals surface area contributed by atoms with E-state index in [1.807, 2.05) is 30.3 Å². The van der Waals surface area contributed by atoms with Gasteiger partial charge in [-0.1, -0.05) is 19.1 Å². The van der Waals surface area contributed by atoms with Crippen LogP contribution in [0.15, 0.2) is 60.7 Å². The van der Waals surface area contributed by atoms with Crippen LogP contribution >= 0.6 is 11.3 Å². The number of likely N-dealkylation sites (tertiary alicyclic amines) is 1. The molecule has 0 radical (unpaired) electrons. The zero-order valence-electron chi connectivity index (χ0n) is 19.9. The quantitative estimate of drug-likeness (QED) is 0.295. The molecule has 0 aliphatic carbocycles. The van der Waals surface area contributed by atoms with Gasteiger partial charge in [-0.05, 0) is 85.5 Å². The lowest BCUT2D eigenvalue weighted by atomic mass is 9.96. The minimum atomic E-state index is -0.365. The Morgan fingerprint density at radius 1 is 1.14 bits per heavy atom. The molecule has 180 valence electrons. The largest absolute Gasteiger partial charge is 0.508 e. The molecule has 0 spiro atoms. The van der Waals surface area contributed by atoms with Crippen LogP contribution in [0.3, 0.4) is 0 Å². The molecule has 4 nitrogen and oxygen atoms in total. The summed E-state index contributed by atoms with van der Waals surface area (Å²) in [6.07, 6.45) is 1.25. The maximum Gasteiger partial charge on any atom is 0.203 e. The van der Waals surface area contributed by atoms with Crippen LogP contribution in [0.5, 0.6) is 11.5 Å². The van der Waals surface area contributed by atoms with Crippen molar-refractivity contribution in [2.45, 2.75) is 20.3 Å². The van der Waals surface area contributed by atoms with Gasteiger partial charge in [-0.2, -0.15) is 0 Å². The summed E-state index contributed by atoms with van der Waals surface area (Å²) in [4.78, 5) is 16.6. The third-order valence-electron chi connectivity index (χ3n) is 6.64. The Kier molecular flexibility index (Phi) is 6.58. The number of aromatic hydroxyl groups is 1. The minimum absolute atomic E-state index is 0.151. The van der Waals surface area contributed by atoms with Crippen LogP contribution in [0.4, 0.5) is 4.39 Å². The number of phenols is 1. The van der Waals surface area contributed by atoms with Crippen molar-refractivity contribution in [2.75, 3.05) is 26.2 Å². The van der Waals surface area contributed by atoms with Gasteiger partial charge in [0.05, 0.1) is 4.88 Å². The number of carbonyl (C=O) groups is 1. The monoisotopic (exact) mass is 489 g/mol. The molecule has 35 heavy (non-hydrogen) atoms. The first-order valence-corrected chi connectivity index (χ1v) is 12.7. The summed E-state index contributed by atoms with van der Waals surface area (Å²) in [7, 11) is 0. The van der Waals surface area contributed by atoms with E-state index in [-0.39, 0.29) is 17.3 Å². The lowest BCUT2D eigenvalue weighted by molar-refractivity contribution is 0.104. The summed E-state index contributed by atoms with van der Waals surface area (Å²) < 4.78 is 20.5. The molecule has 4 aromatic rings.